The number of hydrogen-bond acceptors (Lipinski definition) is 2. The molecule has 3 N–H and O–H groups in total. The maximum atomic E-state index is 8.99. The van der Waals surface area contributed by atoms with Crippen LogP contribution in [0.25, 0.3) is 0 Å². The minimum atomic E-state index is -0.253. The summed E-state index contributed by atoms with van der Waals surface area (Å²) in [5.41, 5.74) is 9.62. The Kier molecular flexibility index (Phi) is 2.91. The second-order valence-electron chi connectivity index (χ2n) is 3.78. The van der Waals surface area contributed by atoms with Crippen LogP contribution in [0.3, 0.4) is 0 Å². The zero-order valence-corrected chi connectivity index (χ0v) is 9.55. The molecule has 1 aliphatic rings. The van der Waals surface area contributed by atoms with Crippen molar-refractivity contribution >= 4 is 15.9 Å². The molecular weight excluding hydrogens is 242 g/mol. The van der Waals surface area contributed by atoms with Gasteiger partial charge in [0.2, 0.25) is 0 Å². The van der Waals surface area contributed by atoms with Crippen LogP contribution < -0.4 is 5.73 Å². The lowest BCUT2D eigenvalue weighted by Gasteiger charge is -2.12. The highest BCUT2D eigenvalue weighted by Crippen LogP contribution is 2.31. The third-order valence-corrected chi connectivity index (χ3v) is 3.52. The lowest BCUT2D eigenvalue weighted by atomic mass is 10.0. The summed E-state index contributed by atoms with van der Waals surface area (Å²) in [5.74, 6) is 0. The molecule has 0 saturated carbocycles. The number of fused-ring (bicyclic) bond motifs is 1. The highest BCUT2D eigenvalue weighted by atomic mass is 79.9. The molecule has 0 heterocycles. The van der Waals surface area contributed by atoms with E-state index in [1.807, 2.05) is 6.07 Å². The molecule has 3 heteroatoms. The van der Waals surface area contributed by atoms with E-state index in [9.17, 15) is 0 Å². The predicted molar refractivity (Wildman–Crippen MR) is 60.2 cm³/mol. The first-order valence-corrected chi connectivity index (χ1v) is 5.69. The molecule has 0 unspecified atom stereocenters. The van der Waals surface area contributed by atoms with E-state index in [-0.39, 0.29) is 12.6 Å². The molecule has 0 aliphatic heterocycles. The van der Waals surface area contributed by atoms with Crippen LogP contribution in [0.2, 0.25) is 0 Å². The maximum Gasteiger partial charge on any atom is 0.0624 e. The smallest absolute Gasteiger partial charge is 0.0624 e. The van der Waals surface area contributed by atoms with Gasteiger partial charge in [-0.3, -0.25) is 0 Å². The summed E-state index contributed by atoms with van der Waals surface area (Å²) < 4.78 is 1.14. The van der Waals surface area contributed by atoms with Crippen LogP contribution in [0, 0.1) is 0 Å². The fourth-order valence-corrected chi connectivity index (χ4v) is 2.71. The molecule has 76 valence electrons. The van der Waals surface area contributed by atoms with Crippen molar-refractivity contribution in [1.29, 1.82) is 0 Å². The van der Waals surface area contributed by atoms with E-state index in [1.165, 1.54) is 17.5 Å². The topological polar surface area (TPSA) is 46.2 Å². The van der Waals surface area contributed by atoms with Crippen molar-refractivity contribution in [1.82, 2.24) is 0 Å². The number of rotatable bonds is 2. The number of halogens is 1. The number of aliphatic hydroxyl groups is 1. The van der Waals surface area contributed by atoms with Gasteiger partial charge in [0, 0.05) is 4.47 Å². The van der Waals surface area contributed by atoms with Crippen molar-refractivity contribution in [2.24, 2.45) is 5.73 Å². The Balaban J connectivity index is 2.41. The Hall–Kier alpha value is -0.380. The van der Waals surface area contributed by atoms with Gasteiger partial charge in [-0.1, -0.05) is 22.0 Å². The monoisotopic (exact) mass is 255 g/mol. The van der Waals surface area contributed by atoms with Gasteiger partial charge in [-0.2, -0.15) is 0 Å². The second kappa shape index (κ2) is 4.01. The van der Waals surface area contributed by atoms with E-state index >= 15 is 0 Å². The zero-order valence-electron chi connectivity index (χ0n) is 7.96. The predicted octanol–water partition coefficient (Wildman–Crippen LogP) is 1.93. The Morgan fingerprint density at radius 1 is 1.43 bits per heavy atom. The average Bonchev–Trinajstić information content (AvgIpc) is 2.64. The standard InChI is InChI=1S/C11H14BrNO/c12-10-5-8(11(13)6-14)4-7-2-1-3-9(7)10/h4-5,11,14H,1-3,6,13H2/t11-/m0/s1. The third kappa shape index (κ3) is 1.72. The summed E-state index contributed by atoms with van der Waals surface area (Å²) in [5, 5.41) is 8.99. The minimum absolute atomic E-state index is 0.00519. The second-order valence-corrected chi connectivity index (χ2v) is 4.64. The molecule has 1 aromatic carbocycles. The minimum Gasteiger partial charge on any atom is -0.394 e. The quantitative estimate of drug-likeness (QED) is 0.849. The summed E-state index contributed by atoms with van der Waals surface area (Å²) in [7, 11) is 0. The van der Waals surface area contributed by atoms with Gasteiger partial charge in [0.15, 0.2) is 0 Å². The first-order valence-electron chi connectivity index (χ1n) is 4.90. The maximum absolute atomic E-state index is 8.99. The molecule has 0 bridgehead atoms. The lowest BCUT2D eigenvalue weighted by Crippen LogP contribution is -2.14. The SMILES string of the molecule is N[C@@H](CO)c1cc(Br)c2c(c1)CCC2. The van der Waals surface area contributed by atoms with Crippen molar-refractivity contribution in [2.75, 3.05) is 6.61 Å². The van der Waals surface area contributed by atoms with Crippen molar-refractivity contribution < 1.29 is 5.11 Å². The van der Waals surface area contributed by atoms with Gasteiger partial charge >= 0.3 is 0 Å². The Labute approximate surface area is 92.3 Å². The number of nitrogens with two attached hydrogens (primary N) is 1. The van der Waals surface area contributed by atoms with E-state index in [0.29, 0.717) is 0 Å². The van der Waals surface area contributed by atoms with Crippen LogP contribution in [-0.4, -0.2) is 11.7 Å². The van der Waals surface area contributed by atoms with E-state index in [0.717, 1.165) is 22.9 Å². The summed E-state index contributed by atoms with van der Waals surface area (Å²) in [6.45, 7) is 0.00519. The van der Waals surface area contributed by atoms with Crippen molar-refractivity contribution in [3.63, 3.8) is 0 Å². The summed E-state index contributed by atoms with van der Waals surface area (Å²) in [6.07, 6.45) is 3.52. The summed E-state index contributed by atoms with van der Waals surface area (Å²) >= 11 is 3.56. The molecular formula is C11H14BrNO. The van der Waals surface area contributed by atoms with Gasteiger partial charge in [0.25, 0.3) is 0 Å². The number of aryl methyl sites for hydroxylation is 1. The van der Waals surface area contributed by atoms with Gasteiger partial charge in [0.05, 0.1) is 12.6 Å². The molecule has 1 atom stereocenters. The first-order chi connectivity index (χ1) is 6.72. The van der Waals surface area contributed by atoms with E-state index in [1.54, 1.807) is 0 Å². The Morgan fingerprint density at radius 3 is 2.93 bits per heavy atom. The fourth-order valence-electron chi connectivity index (χ4n) is 1.99. The molecule has 0 aromatic heterocycles. The van der Waals surface area contributed by atoms with Crippen molar-refractivity contribution in [3.8, 4) is 0 Å². The molecule has 1 aromatic rings. The molecule has 2 nitrogen and oxygen atoms in total. The van der Waals surface area contributed by atoms with Crippen LogP contribution in [-0.2, 0) is 12.8 Å². The van der Waals surface area contributed by atoms with Gasteiger partial charge in [0.1, 0.15) is 0 Å². The van der Waals surface area contributed by atoms with Gasteiger partial charge in [-0.05, 0) is 42.0 Å². The van der Waals surface area contributed by atoms with Crippen LogP contribution in [0.1, 0.15) is 29.2 Å². The van der Waals surface area contributed by atoms with Crippen LogP contribution >= 0.6 is 15.9 Å². The van der Waals surface area contributed by atoms with E-state index in [4.69, 9.17) is 10.8 Å². The Morgan fingerprint density at radius 2 is 2.21 bits per heavy atom. The van der Waals surface area contributed by atoms with Gasteiger partial charge in [-0.25, -0.2) is 0 Å². The third-order valence-electron chi connectivity index (χ3n) is 2.81. The lowest BCUT2D eigenvalue weighted by molar-refractivity contribution is 0.268. The summed E-state index contributed by atoms with van der Waals surface area (Å²) in [4.78, 5) is 0. The Bertz CT molecular complexity index is 351. The van der Waals surface area contributed by atoms with Gasteiger partial charge < -0.3 is 10.8 Å². The van der Waals surface area contributed by atoms with E-state index < -0.39 is 0 Å². The average molecular weight is 256 g/mol. The molecule has 0 spiro atoms. The molecule has 0 radical (unpaired) electrons. The van der Waals surface area contributed by atoms with Crippen LogP contribution in [0.4, 0.5) is 0 Å². The molecule has 0 amide bonds. The summed E-state index contributed by atoms with van der Waals surface area (Å²) in [6, 6.07) is 3.91. The van der Waals surface area contributed by atoms with Crippen molar-refractivity contribution in [2.45, 2.75) is 25.3 Å². The van der Waals surface area contributed by atoms with Crippen LogP contribution in [0.15, 0.2) is 16.6 Å². The molecule has 1 aliphatic carbocycles. The molecule has 0 saturated heterocycles. The highest BCUT2D eigenvalue weighted by molar-refractivity contribution is 9.10. The first kappa shape index (κ1) is 10.1. The highest BCUT2D eigenvalue weighted by Gasteiger charge is 2.16. The molecule has 2 rings (SSSR count). The fraction of sp³-hybridized carbons (Fsp3) is 0.455. The normalized spacial score (nSPS) is 16.8. The van der Waals surface area contributed by atoms with Crippen molar-refractivity contribution in [3.05, 3.63) is 33.3 Å². The van der Waals surface area contributed by atoms with Gasteiger partial charge in [-0.15, -0.1) is 0 Å². The van der Waals surface area contributed by atoms with E-state index in [2.05, 4.69) is 22.0 Å². The molecule has 0 fully saturated rings. The number of benzene rings is 1. The van der Waals surface area contributed by atoms with Crippen LogP contribution in [0.5, 0.6) is 0 Å². The number of hydrogen-bond donors (Lipinski definition) is 2. The molecule has 14 heavy (non-hydrogen) atoms. The zero-order chi connectivity index (χ0) is 10.1. The number of aliphatic hydroxyl groups excluding tert-OH is 1. The largest absolute Gasteiger partial charge is 0.394 e.